The molecule has 0 bridgehead atoms. The van der Waals surface area contributed by atoms with Gasteiger partial charge in [-0.25, -0.2) is 4.99 Å². The van der Waals surface area contributed by atoms with E-state index in [1.54, 1.807) is 0 Å². The van der Waals surface area contributed by atoms with E-state index in [9.17, 15) is 0 Å². The number of halogens is 1. The van der Waals surface area contributed by atoms with E-state index in [4.69, 9.17) is 9.73 Å². The van der Waals surface area contributed by atoms with E-state index < -0.39 is 0 Å². The van der Waals surface area contributed by atoms with Crippen LogP contribution in [0.25, 0.3) is 0 Å². The minimum atomic E-state index is 0.0152. The summed E-state index contributed by atoms with van der Waals surface area (Å²) in [6, 6.07) is 15.1. The summed E-state index contributed by atoms with van der Waals surface area (Å²) in [5, 5.41) is 3.19. The highest BCUT2D eigenvalue weighted by Crippen LogP contribution is 2.27. The average molecular weight is 407 g/mol. The first kappa shape index (κ1) is 15.3. The molecule has 114 valence electrons. The second-order valence-corrected chi connectivity index (χ2v) is 5.85. The monoisotopic (exact) mass is 407 g/mol. The Labute approximate surface area is 144 Å². The highest BCUT2D eigenvalue weighted by atomic mass is 127. The molecule has 0 amide bonds. The van der Waals surface area contributed by atoms with E-state index in [2.05, 4.69) is 57.2 Å². The van der Waals surface area contributed by atoms with Crippen molar-refractivity contribution in [2.24, 2.45) is 4.99 Å². The molecule has 1 aromatic carbocycles. The zero-order chi connectivity index (χ0) is 15.2. The molecule has 0 spiro atoms. The molecule has 1 atom stereocenters. The number of benzene rings is 1. The Morgan fingerprint density at radius 1 is 1.23 bits per heavy atom. The van der Waals surface area contributed by atoms with Crippen molar-refractivity contribution >= 4 is 28.6 Å². The molecule has 0 aliphatic carbocycles. The van der Waals surface area contributed by atoms with Gasteiger partial charge in [0.05, 0.1) is 12.6 Å². The van der Waals surface area contributed by atoms with Gasteiger partial charge in [0, 0.05) is 22.7 Å². The smallest absolute Gasteiger partial charge is 0.285 e. The number of nitrogens with zero attached hydrogens (tertiary/aromatic N) is 2. The predicted octanol–water partition coefficient (Wildman–Crippen LogP) is 3.28. The zero-order valence-corrected chi connectivity index (χ0v) is 14.4. The minimum absolute atomic E-state index is 0.0152. The number of rotatable bonds is 5. The lowest BCUT2D eigenvalue weighted by Crippen LogP contribution is -2.18. The van der Waals surface area contributed by atoms with Crippen molar-refractivity contribution < 1.29 is 4.74 Å². The van der Waals surface area contributed by atoms with E-state index in [0.717, 1.165) is 23.1 Å². The first-order chi connectivity index (χ1) is 10.9. The van der Waals surface area contributed by atoms with Crippen LogP contribution < -0.4 is 5.32 Å². The van der Waals surface area contributed by atoms with Crippen LogP contribution in [0.2, 0.25) is 0 Å². The largest absolute Gasteiger partial charge is 0.463 e. The lowest BCUT2D eigenvalue weighted by atomic mass is 9.98. The maximum absolute atomic E-state index is 5.53. The fourth-order valence-electron chi connectivity index (χ4n) is 2.50. The zero-order valence-electron chi connectivity index (χ0n) is 12.2. The molecule has 1 aliphatic heterocycles. The first-order valence-corrected chi connectivity index (χ1v) is 8.87. The Balaban J connectivity index is 1.93. The second kappa shape index (κ2) is 7.58. The molecular formula is C17H18IN3O. The van der Waals surface area contributed by atoms with Crippen molar-refractivity contribution in [3.8, 4) is 0 Å². The number of amidine groups is 1. The third-order valence-electron chi connectivity index (χ3n) is 3.58. The molecule has 4 nitrogen and oxygen atoms in total. The van der Waals surface area contributed by atoms with Crippen LogP contribution in [0.3, 0.4) is 0 Å². The molecule has 0 radical (unpaired) electrons. The third kappa shape index (κ3) is 3.76. The number of aromatic nitrogens is 1. The highest BCUT2D eigenvalue weighted by Gasteiger charge is 2.18. The molecule has 1 saturated heterocycles. The Kier molecular flexibility index (Phi) is 5.26. The van der Waals surface area contributed by atoms with Crippen molar-refractivity contribution in [3.63, 3.8) is 0 Å². The van der Waals surface area contributed by atoms with E-state index in [1.165, 1.54) is 11.1 Å². The van der Waals surface area contributed by atoms with Gasteiger partial charge in [-0.1, -0.05) is 52.9 Å². The molecule has 22 heavy (non-hydrogen) atoms. The van der Waals surface area contributed by atoms with Gasteiger partial charge in [-0.3, -0.25) is 4.98 Å². The number of alkyl halides is 1. The van der Waals surface area contributed by atoms with E-state index >= 15 is 0 Å². The molecule has 1 N–H and O–H groups in total. The molecule has 2 aromatic rings. The molecule has 0 saturated carbocycles. The molecule has 1 fully saturated rings. The highest BCUT2D eigenvalue weighted by molar-refractivity contribution is 14.1. The van der Waals surface area contributed by atoms with Crippen LogP contribution in [0.5, 0.6) is 0 Å². The maximum atomic E-state index is 5.53. The van der Waals surface area contributed by atoms with Gasteiger partial charge in [-0.2, -0.15) is 0 Å². The summed E-state index contributed by atoms with van der Waals surface area (Å²) in [4.78, 5) is 9.23. The van der Waals surface area contributed by atoms with Crippen LogP contribution in [-0.4, -0.2) is 24.2 Å². The number of ether oxygens (including phenoxy) is 1. The predicted molar refractivity (Wildman–Crippen MR) is 96.2 cm³/mol. The fourth-order valence-corrected chi connectivity index (χ4v) is 3.20. The normalized spacial score (nSPS) is 17.0. The van der Waals surface area contributed by atoms with Crippen LogP contribution in [0.15, 0.2) is 53.7 Å². The number of nitrogens with one attached hydrogen (secondary N) is 1. The summed E-state index contributed by atoms with van der Waals surface area (Å²) in [6.45, 7) is 1.51. The Bertz CT molecular complexity index is 637. The summed E-state index contributed by atoms with van der Waals surface area (Å²) >= 11 is 2.40. The summed E-state index contributed by atoms with van der Waals surface area (Å²) in [7, 11) is 0. The first-order valence-electron chi connectivity index (χ1n) is 7.35. The van der Waals surface area contributed by atoms with E-state index in [-0.39, 0.29) is 6.04 Å². The van der Waals surface area contributed by atoms with Gasteiger partial charge in [-0.05, 0) is 23.3 Å². The van der Waals surface area contributed by atoms with Crippen LogP contribution >= 0.6 is 22.6 Å². The molecule has 1 unspecified atom stereocenters. The number of aliphatic imine (C=N–C) groups is 1. The van der Waals surface area contributed by atoms with Crippen LogP contribution in [0, 0.1) is 0 Å². The maximum Gasteiger partial charge on any atom is 0.285 e. The van der Waals surface area contributed by atoms with Crippen LogP contribution in [-0.2, 0) is 15.6 Å². The van der Waals surface area contributed by atoms with Crippen LogP contribution in [0.4, 0.5) is 0 Å². The molecule has 1 aromatic heterocycles. The van der Waals surface area contributed by atoms with E-state index in [1.807, 2.05) is 24.4 Å². The Hall–Kier alpha value is -1.63. The summed E-state index contributed by atoms with van der Waals surface area (Å²) in [5.74, 6) is 0. The second-order valence-electron chi connectivity index (χ2n) is 5.08. The molecular weight excluding hydrogens is 389 g/mol. The van der Waals surface area contributed by atoms with Gasteiger partial charge in [0.25, 0.3) is 6.02 Å². The summed E-state index contributed by atoms with van der Waals surface area (Å²) in [6.07, 6.45) is 2.59. The third-order valence-corrected chi connectivity index (χ3v) is 4.40. The van der Waals surface area contributed by atoms with Crippen molar-refractivity contribution in [1.29, 1.82) is 0 Å². The topological polar surface area (TPSA) is 46.5 Å². The van der Waals surface area contributed by atoms with Gasteiger partial charge in [0.1, 0.15) is 6.61 Å². The molecule has 2 heterocycles. The Morgan fingerprint density at radius 3 is 2.82 bits per heavy atom. The number of pyridine rings is 1. The number of hydrogen-bond acceptors (Lipinski definition) is 3. The van der Waals surface area contributed by atoms with E-state index in [0.29, 0.717) is 12.6 Å². The molecule has 5 heteroatoms. The number of hydrogen-bond donors (Lipinski definition) is 1. The quantitative estimate of drug-likeness (QED) is 0.612. The lowest BCUT2D eigenvalue weighted by molar-refractivity contribution is 0.348. The molecule has 1 aliphatic rings. The van der Waals surface area contributed by atoms with Gasteiger partial charge in [-0.15, -0.1) is 0 Å². The fraction of sp³-hybridized carbons (Fsp3) is 0.294. The SMILES string of the molecule is ICc1ccccc1C(Cc1ccccn1)/N=C1/NCCO1. The average Bonchev–Trinajstić information content (AvgIpc) is 3.08. The van der Waals surface area contributed by atoms with Gasteiger partial charge >= 0.3 is 0 Å². The molecule has 3 rings (SSSR count). The van der Waals surface area contributed by atoms with Gasteiger partial charge < -0.3 is 10.1 Å². The van der Waals surface area contributed by atoms with Crippen LogP contribution in [0.1, 0.15) is 22.9 Å². The lowest BCUT2D eigenvalue weighted by Gasteiger charge is -2.16. The summed E-state index contributed by atoms with van der Waals surface area (Å²) in [5.41, 5.74) is 3.59. The Morgan fingerprint density at radius 2 is 2.09 bits per heavy atom. The van der Waals surface area contributed by atoms with Gasteiger partial charge in [0.15, 0.2) is 0 Å². The summed E-state index contributed by atoms with van der Waals surface area (Å²) < 4.78 is 6.50. The van der Waals surface area contributed by atoms with Crippen molar-refractivity contribution in [2.75, 3.05) is 13.2 Å². The van der Waals surface area contributed by atoms with Crippen molar-refractivity contribution in [3.05, 3.63) is 65.5 Å². The minimum Gasteiger partial charge on any atom is -0.463 e. The standard InChI is InChI=1S/C17H18IN3O/c18-12-13-5-1-2-7-15(13)16(21-17-20-9-10-22-17)11-14-6-3-4-8-19-14/h1-8,16H,9-12H2,(H,20,21). The van der Waals surface area contributed by atoms with Gasteiger partial charge in [0.2, 0.25) is 0 Å². The van der Waals surface area contributed by atoms with Crippen molar-refractivity contribution in [1.82, 2.24) is 10.3 Å². The van der Waals surface area contributed by atoms with Crippen molar-refractivity contribution in [2.45, 2.75) is 16.9 Å².